The molecule has 1 aliphatic carbocycles. The number of fused-ring (bicyclic) bond motifs is 1. The second-order valence-corrected chi connectivity index (χ2v) is 8.02. The molecule has 1 saturated heterocycles. The van der Waals surface area contributed by atoms with Gasteiger partial charge in [0.1, 0.15) is 0 Å². The Morgan fingerprint density at radius 2 is 1.88 bits per heavy atom. The molecular formula is C22H35ClN2O. The number of nitrogens with zero attached hydrogens (tertiary/aromatic N) is 1. The van der Waals surface area contributed by atoms with E-state index in [0.29, 0.717) is 23.8 Å². The highest BCUT2D eigenvalue weighted by molar-refractivity contribution is 5.85. The van der Waals surface area contributed by atoms with E-state index in [1.54, 1.807) is 0 Å². The maximum Gasteiger partial charge on any atom is 0.223 e. The summed E-state index contributed by atoms with van der Waals surface area (Å²) >= 11 is 0. The minimum atomic E-state index is 0. The molecule has 0 bridgehead atoms. The van der Waals surface area contributed by atoms with E-state index in [-0.39, 0.29) is 12.4 Å². The molecule has 2 unspecified atom stereocenters. The standard InChI is InChI=1S/C22H34N2O.ClH/c1-3-14-24(21-9-8-19-6-4-5-7-20(19)16-21)22(25)15-17(2)18-10-12-23-13-11-18;/h4-7,17-18,21,23H,3,8-16H2,1-2H3;1H. The Morgan fingerprint density at radius 3 is 2.58 bits per heavy atom. The number of aryl methyl sites for hydroxylation is 1. The lowest BCUT2D eigenvalue weighted by Crippen LogP contribution is -2.45. The fourth-order valence-electron chi connectivity index (χ4n) is 4.67. The summed E-state index contributed by atoms with van der Waals surface area (Å²) < 4.78 is 0. The van der Waals surface area contributed by atoms with Crippen molar-refractivity contribution in [2.24, 2.45) is 11.8 Å². The van der Waals surface area contributed by atoms with E-state index in [0.717, 1.165) is 51.7 Å². The van der Waals surface area contributed by atoms with Crippen LogP contribution in [0.25, 0.3) is 0 Å². The Hall–Kier alpha value is -1.06. The largest absolute Gasteiger partial charge is 0.339 e. The van der Waals surface area contributed by atoms with Crippen molar-refractivity contribution in [3.63, 3.8) is 0 Å². The Balaban J connectivity index is 0.00000243. The van der Waals surface area contributed by atoms with Crippen LogP contribution in [-0.2, 0) is 17.6 Å². The number of halogens is 1. The zero-order valence-corrected chi connectivity index (χ0v) is 17.2. The van der Waals surface area contributed by atoms with E-state index < -0.39 is 0 Å². The SMILES string of the molecule is CCCN(C(=O)CC(C)C1CCNCC1)C1CCc2ccccc2C1.Cl. The summed E-state index contributed by atoms with van der Waals surface area (Å²) in [6.07, 6.45) is 7.47. The lowest BCUT2D eigenvalue weighted by Gasteiger charge is -2.37. The molecule has 1 heterocycles. The third-order valence-electron chi connectivity index (χ3n) is 6.23. The minimum Gasteiger partial charge on any atom is -0.339 e. The van der Waals surface area contributed by atoms with Gasteiger partial charge in [0.15, 0.2) is 0 Å². The van der Waals surface area contributed by atoms with E-state index in [1.807, 2.05) is 0 Å². The van der Waals surface area contributed by atoms with E-state index in [1.165, 1.54) is 24.0 Å². The van der Waals surface area contributed by atoms with Gasteiger partial charge in [-0.2, -0.15) is 0 Å². The Kier molecular flexibility index (Phi) is 8.43. The first-order valence-corrected chi connectivity index (χ1v) is 10.3. The molecule has 26 heavy (non-hydrogen) atoms. The fraction of sp³-hybridized carbons (Fsp3) is 0.682. The monoisotopic (exact) mass is 378 g/mol. The third-order valence-corrected chi connectivity index (χ3v) is 6.23. The van der Waals surface area contributed by atoms with E-state index in [2.05, 4.69) is 48.3 Å². The number of benzene rings is 1. The Morgan fingerprint density at radius 1 is 1.19 bits per heavy atom. The summed E-state index contributed by atoms with van der Waals surface area (Å²) in [6, 6.07) is 9.15. The summed E-state index contributed by atoms with van der Waals surface area (Å²) in [5.41, 5.74) is 2.92. The second-order valence-electron chi connectivity index (χ2n) is 8.02. The lowest BCUT2D eigenvalue weighted by atomic mass is 9.83. The average Bonchev–Trinajstić information content (AvgIpc) is 2.66. The van der Waals surface area contributed by atoms with Crippen molar-refractivity contribution in [1.82, 2.24) is 10.2 Å². The van der Waals surface area contributed by atoms with Crippen LogP contribution >= 0.6 is 12.4 Å². The number of nitrogens with one attached hydrogen (secondary N) is 1. The smallest absolute Gasteiger partial charge is 0.223 e. The number of rotatable bonds is 6. The van der Waals surface area contributed by atoms with Crippen LogP contribution in [0.3, 0.4) is 0 Å². The van der Waals surface area contributed by atoms with Gasteiger partial charge in [0, 0.05) is 19.0 Å². The van der Waals surface area contributed by atoms with Crippen molar-refractivity contribution in [3.8, 4) is 0 Å². The Bertz CT molecular complexity index is 571. The molecule has 146 valence electrons. The quantitative estimate of drug-likeness (QED) is 0.803. The first-order valence-electron chi connectivity index (χ1n) is 10.3. The number of hydrogen-bond donors (Lipinski definition) is 1. The molecule has 1 fully saturated rings. The molecule has 2 atom stereocenters. The molecule has 0 radical (unpaired) electrons. The van der Waals surface area contributed by atoms with Gasteiger partial charge >= 0.3 is 0 Å². The van der Waals surface area contributed by atoms with Crippen LogP contribution < -0.4 is 5.32 Å². The molecular weight excluding hydrogens is 344 g/mol. The molecule has 0 spiro atoms. The van der Waals surface area contributed by atoms with Crippen molar-refractivity contribution in [2.45, 2.75) is 64.8 Å². The highest BCUT2D eigenvalue weighted by atomic mass is 35.5. The maximum atomic E-state index is 13.1. The van der Waals surface area contributed by atoms with Gasteiger partial charge in [-0.1, -0.05) is 38.1 Å². The van der Waals surface area contributed by atoms with Gasteiger partial charge in [-0.05, 0) is 74.6 Å². The zero-order chi connectivity index (χ0) is 17.6. The normalized spacial score (nSPS) is 21.4. The maximum absolute atomic E-state index is 13.1. The van der Waals surface area contributed by atoms with Gasteiger partial charge in [-0.25, -0.2) is 0 Å². The predicted molar refractivity (Wildman–Crippen MR) is 111 cm³/mol. The van der Waals surface area contributed by atoms with E-state index >= 15 is 0 Å². The molecule has 1 aromatic carbocycles. The van der Waals surface area contributed by atoms with Crippen molar-refractivity contribution >= 4 is 18.3 Å². The summed E-state index contributed by atoms with van der Waals surface area (Å²) in [5.74, 6) is 1.60. The van der Waals surface area contributed by atoms with Gasteiger partial charge in [-0.3, -0.25) is 4.79 Å². The summed E-state index contributed by atoms with van der Waals surface area (Å²) in [4.78, 5) is 15.3. The van der Waals surface area contributed by atoms with Gasteiger partial charge in [0.25, 0.3) is 0 Å². The second kappa shape index (κ2) is 10.3. The van der Waals surface area contributed by atoms with Crippen molar-refractivity contribution in [1.29, 1.82) is 0 Å². The molecule has 3 nitrogen and oxygen atoms in total. The first-order chi connectivity index (χ1) is 12.2. The Labute approximate surface area is 165 Å². The minimum absolute atomic E-state index is 0. The summed E-state index contributed by atoms with van der Waals surface area (Å²) in [6.45, 7) is 7.61. The summed E-state index contributed by atoms with van der Waals surface area (Å²) in [5, 5.41) is 3.43. The topological polar surface area (TPSA) is 32.3 Å². The number of amides is 1. The van der Waals surface area contributed by atoms with Gasteiger partial charge < -0.3 is 10.2 Å². The molecule has 0 aromatic heterocycles. The van der Waals surface area contributed by atoms with Crippen LogP contribution in [0.15, 0.2) is 24.3 Å². The molecule has 1 aromatic rings. The van der Waals surface area contributed by atoms with Crippen LogP contribution in [0.2, 0.25) is 0 Å². The fourth-order valence-corrected chi connectivity index (χ4v) is 4.67. The average molecular weight is 379 g/mol. The number of carbonyl (C=O) groups is 1. The highest BCUT2D eigenvalue weighted by Crippen LogP contribution is 2.28. The molecule has 0 saturated carbocycles. The predicted octanol–water partition coefficient (Wildman–Crippen LogP) is 4.23. The molecule has 2 aliphatic rings. The van der Waals surface area contributed by atoms with Crippen LogP contribution in [0.1, 0.15) is 57.1 Å². The van der Waals surface area contributed by atoms with E-state index in [4.69, 9.17) is 0 Å². The highest BCUT2D eigenvalue weighted by Gasteiger charge is 2.29. The number of piperidine rings is 1. The van der Waals surface area contributed by atoms with Crippen molar-refractivity contribution < 1.29 is 4.79 Å². The zero-order valence-electron chi connectivity index (χ0n) is 16.4. The van der Waals surface area contributed by atoms with Crippen LogP contribution in [0.4, 0.5) is 0 Å². The lowest BCUT2D eigenvalue weighted by molar-refractivity contribution is -0.135. The number of carbonyl (C=O) groups excluding carboxylic acids is 1. The van der Waals surface area contributed by atoms with Crippen LogP contribution in [-0.4, -0.2) is 36.5 Å². The van der Waals surface area contributed by atoms with Crippen molar-refractivity contribution in [3.05, 3.63) is 35.4 Å². The van der Waals surface area contributed by atoms with Crippen molar-refractivity contribution in [2.75, 3.05) is 19.6 Å². The third kappa shape index (κ3) is 5.23. The van der Waals surface area contributed by atoms with Gasteiger partial charge in [-0.15, -0.1) is 12.4 Å². The molecule has 1 N–H and O–H groups in total. The number of hydrogen-bond acceptors (Lipinski definition) is 2. The summed E-state index contributed by atoms with van der Waals surface area (Å²) in [7, 11) is 0. The van der Waals surface area contributed by atoms with Crippen LogP contribution in [0.5, 0.6) is 0 Å². The van der Waals surface area contributed by atoms with E-state index in [9.17, 15) is 4.79 Å². The van der Waals surface area contributed by atoms with Gasteiger partial charge in [0.05, 0.1) is 0 Å². The molecule has 1 amide bonds. The molecule has 1 aliphatic heterocycles. The van der Waals surface area contributed by atoms with Crippen LogP contribution in [0, 0.1) is 11.8 Å². The first kappa shape index (κ1) is 21.2. The molecule has 4 heteroatoms. The molecule has 3 rings (SSSR count). The van der Waals surface area contributed by atoms with Gasteiger partial charge in [0.2, 0.25) is 5.91 Å².